The van der Waals surface area contributed by atoms with Crippen LogP contribution in [0.5, 0.6) is 0 Å². The summed E-state index contributed by atoms with van der Waals surface area (Å²) in [5.41, 5.74) is 7.24. The minimum absolute atomic E-state index is 0.0338. The molecule has 0 radical (unpaired) electrons. The Bertz CT molecular complexity index is 405. The Hall–Kier alpha value is -1.78. The quantitative estimate of drug-likeness (QED) is 0.485. The van der Waals surface area contributed by atoms with Crippen LogP contribution in [0.2, 0.25) is 0 Å². The number of nitro benzene ring substituents is 1. The number of hydrogen-bond donors (Lipinski definition) is 1. The number of benzene rings is 1. The fourth-order valence-corrected chi connectivity index (χ4v) is 1.81. The van der Waals surface area contributed by atoms with Gasteiger partial charge in [-0.3, -0.25) is 10.1 Å². The van der Waals surface area contributed by atoms with Gasteiger partial charge in [0.05, 0.1) is 16.3 Å². The van der Waals surface area contributed by atoms with Crippen LogP contribution in [-0.4, -0.2) is 17.5 Å². The minimum atomic E-state index is -0.431. The van der Waals surface area contributed by atoms with Crippen molar-refractivity contribution in [3.8, 4) is 0 Å². The Morgan fingerprint density at radius 1 is 1.47 bits per heavy atom. The second kappa shape index (κ2) is 5.52. The minimum Gasteiger partial charge on any atom is -0.397 e. The third kappa shape index (κ3) is 3.09. The van der Waals surface area contributed by atoms with E-state index in [0.717, 1.165) is 18.7 Å². The van der Waals surface area contributed by atoms with Crippen molar-refractivity contribution in [1.82, 2.24) is 0 Å². The second-order valence-corrected chi connectivity index (χ2v) is 4.29. The molecule has 0 aliphatic carbocycles. The summed E-state index contributed by atoms with van der Waals surface area (Å²) in [4.78, 5) is 12.4. The van der Waals surface area contributed by atoms with Gasteiger partial charge in [0, 0.05) is 24.7 Å². The van der Waals surface area contributed by atoms with Crippen molar-refractivity contribution >= 4 is 17.1 Å². The lowest BCUT2D eigenvalue weighted by Crippen LogP contribution is -2.32. The van der Waals surface area contributed by atoms with Crippen LogP contribution in [0.15, 0.2) is 18.2 Å². The van der Waals surface area contributed by atoms with E-state index in [1.165, 1.54) is 12.1 Å². The van der Waals surface area contributed by atoms with Crippen LogP contribution < -0.4 is 10.6 Å². The largest absolute Gasteiger partial charge is 0.397 e. The molecule has 0 spiro atoms. The van der Waals surface area contributed by atoms with E-state index in [4.69, 9.17) is 5.73 Å². The number of nitro groups is 1. The van der Waals surface area contributed by atoms with Gasteiger partial charge in [-0.2, -0.15) is 0 Å². The lowest BCUT2D eigenvalue weighted by Gasteiger charge is -2.29. The van der Waals surface area contributed by atoms with Crippen LogP contribution in [0.1, 0.15) is 27.2 Å². The highest BCUT2D eigenvalue weighted by Gasteiger charge is 2.15. The van der Waals surface area contributed by atoms with E-state index in [1.807, 2.05) is 0 Å². The number of rotatable bonds is 5. The molecule has 0 saturated carbocycles. The van der Waals surface area contributed by atoms with Gasteiger partial charge in [-0.05, 0) is 26.3 Å². The van der Waals surface area contributed by atoms with Gasteiger partial charge in [0.1, 0.15) is 0 Å². The molecular weight excluding hydrogens is 218 g/mol. The average Bonchev–Trinajstić information content (AvgIpc) is 2.26. The topological polar surface area (TPSA) is 72.4 Å². The van der Waals surface area contributed by atoms with Gasteiger partial charge in [0.2, 0.25) is 0 Å². The summed E-state index contributed by atoms with van der Waals surface area (Å²) in [6.07, 6.45) is 1.01. The van der Waals surface area contributed by atoms with E-state index < -0.39 is 4.92 Å². The van der Waals surface area contributed by atoms with E-state index in [0.29, 0.717) is 11.7 Å². The SMILES string of the molecule is CCCN(c1ccc([N+](=O)[O-])cc1N)C(C)C. The summed E-state index contributed by atoms with van der Waals surface area (Å²) in [5, 5.41) is 10.6. The Balaban J connectivity index is 3.08. The molecular formula is C12H19N3O2. The number of non-ortho nitro benzene ring substituents is 1. The first-order valence-electron chi connectivity index (χ1n) is 5.78. The standard InChI is InChI=1S/C12H19N3O2/c1-4-7-14(9(2)3)12-6-5-10(15(16)17)8-11(12)13/h5-6,8-9H,4,7,13H2,1-3H3. The van der Waals surface area contributed by atoms with E-state index in [9.17, 15) is 10.1 Å². The summed E-state index contributed by atoms with van der Waals surface area (Å²) in [6, 6.07) is 4.96. The van der Waals surface area contributed by atoms with Crippen LogP contribution in [0.3, 0.4) is 0 Å². The Morgan fingerprint density at radius 2 is 2.12 bits per heavy atom. The Morgan fingerprint density at radius 3 is 2.53 bits per heavy atom. The van der Waals surface area contributed by atoms with Gasteiger partial charge >= 0.3 is 0 Å². The lowest BCUT2D eigenvalue weighted by atomic mass is 10.2. The predicted octanol–water partition coefficient (Wildman–Crippen LogP) is 2.80. The van der Waals surface area contributed by atoms with E-state index >= 15 is 0 Å². The molecule has 0 amide bonds. The van der Waals surface area contributed by atoms with Gasteiger partial charge < -0.3 is 10.6 Å². The van der Waals surface area contributed by atoms with E-state index in [2.05, 4.69) is 25.7 Å². The molecule has 1 aromatic rings. The zero-order valence-corrected chi connectivity index (χ0v) is 10.5. The molecule has 94 valence electrons. The van der Waals surface area contributed by atoms with Crippen molar-refractivity contribution in [1.29, 1.82) is 0 Å². The maximum atomic E-state index is 10.6. The van der Waals surface area contributed by atoms with Gasteiger partial charge in [0.25, 0.3) is 5.69 Å². The molecule has 2 N–H and O–H groups in total. The second-order valence-electron chi connectivity index (χ2n) is 4.29. The number of nitrogens with two attached hydrogens (primary N) is 1. The monoisotopic (exact) mass is 237 g/mol. The fraction of sp³-hybridized carbons (Fsp3) is 0.500. The van der Waals surface area contributed by atoms with Crippen LogP contribution in [0.25, 0.3) is 0 Å². The van der Waals surface area contributed by atoms with Crippen LogP contribution in [0.4, 0.5) is 17.1 Å². The summed E-state index contributed by atoms with van der Waals surface area (Å²) in [6.45, 7) is 7.14. The zero-order valence-electron chi connectivity index (χ0n) is 10.5. The van der Waals surface area contributed by atoms with Crippen LogP contribution in [-0.2, 0) is 0 Å². The molecule has 0 saturated heterocycles. The van der Waals surface area contributed by atoms with Gasteiger partial charge in [-0.1, -0.05) is 6.92 Å². The van der Waals surface area contributed by atoms with E-state index in [-0.39, 0.29) is 5.69 Å². The number of hydrogen-bond acceptors (Lipinski definition) is 4. The van der Waals surface area contributed by atoms with E-state index in [1.54, 1.807) is 6.07 Å². The molecule has 0 heterocycles. The van der Waals surface area contributed by atoms with Crippen molar-refractivity contribution in [3.05, 3.63) is 28.3 Å². The molecule has 5 heteroatoms. The highest BCUT2D eigenvalue weighted by Crippen LogP contribution is 2.29. The summed E-state index contributed by atoms with van der Waals surface area (Å²) >= 11 is 0. The highest BCUT2D eigenvalue weighted by atomic mass is 16.6. The first-order chi connectivity index (χ1) is 7.97. The van der Waals surface area contributed by atoms with Crippen molar-refractivity contribution in [2.75, 3.05) is 17.2 Å². The van der Waals surface area contributed by atoms with Crippen LogP contribution in [0, 0.1) is 10.1 Å². The third-order valence-electron chi connectivity index (χ3n) is 2.62. The molecule has 0 fully saturated rings. The zero-order chi connectivity index (χ0) is 13.0. The van der Waals surface area contributed by atoms with Gasteiger partial charge in [-0.25, -0.2) is 0 Å². The van der Waals surface area contributed by atoms with Crippen molar-refractivity contribution in [2.24, 2.45) is 0 Å². The normalized spacial score (nSPS) is 10.6. The average molecular weight is 237 g/mol. The summed E-state index contributed by atoms with van der Waals surface area (Å²) in [7, 11) is 0. The first kappa shape index (κ1) is 13.3. The number of anilines is 2. The van der Waals surface area contributed by atoms with Crippen molar-refractivity contribution in [3.63, 3.8) is 0 Å². The van der Waals surface area contributed by atoms with Crippen molar-refractivity contribution < 1.29 is 4.92 Å². The predicted molar refractivity (Wildman–Crippen MR) is 70.3 cm³/mol. The maximum absolute atomic E-state index is 10.6. The first-order valence-corrected chi connectivity index (χ1v) is 5.78. The maximum Gasteiger partial charge on any atom is 0.271 e. The molecule has 1 aromatic carbocycles. The highest BCUT2D eigenvalue weighted by molar-refractivity contribution is 5.71. The molecule has 17 heavy (non-hydrogen) atoms. The number of nitrogen functional groups attached to an aromatic ring is 1. The molecule has 0 unspecified atom stereocenters. The molecule has 0 aliphatic heterocycles. The summed E-state index contributed by atoms with van der Waals surface area (Å²) in [5.74, 6) is 0. The molecule has 0 bridgehead atoms. The fourth-order valence-electron chi connectivity index (χ4n) is 1.81. The number of nitrogens with zero attached hydrogens (tertiary/aromatic N) is 2. The molecule has 1 rings (SSSR count). The summed E-state index contributed by atoms with van der Waals surface area (Å²) < 4.78 is 0. The molecule has 0 atom stereocenters. The smallest absolute Gasteiger partial charge is 0.271 e. The lowest BCUT2D eigenvalue weighted by molar-refractivity contribution is -0.384. The molecule has 0 aliphatic rings. The van der Waals surface area contributed by atoms with Gasteiger partial charge in [0.15, 0.2) is 0 Å². The van der Waals surface area contributed by atoms with Crippen molar-refractivity contribution in [2.45, 2.75) is 33.2 Å². The third-order valence-corrected chi connectivity index (χ3v) is 2.62. The van der Waals surface area contributed by atoms with Crippen LogP contribution >= 0.6 is 0 Å². The molecule has 5 nitrogen and oxygen atoms in total. The van der Waals surface area contributed by atoms with Gasteiger partial charge in [-0.15, -0.1) is 0 Å². The Labute approximate surface area is 101 Å². The Kier molecular flexibility index (Phi) is 4.31. The molecule has 0 aromatic heterocycles.